The second-order valence-corrected chi connectivity index (χ2v) is 19.8. The van der Waals surface area contributed by atoms with Crippen LogP contribution in [0.1, 0.15) is 89.6 Å². The quantitative estimate of drug-likeness (QED) is 0.184. The Kier molecular flexibility index (Phi) is 19.2. The summed E-state index contributed by atoms with van der Waals surface area (Å²) in [6.45, 7) is 15.0. The highest BCUT2D eigenvalue weighted by Crippen LogP contribution is 2.42. The number of esters is 1. The Morgan fingerprint density at radius 1 is 1.09 bits per heavy atom. The number of methoxy groups -OCH3 is 1. The number of hydrazine groups is 1. The number of ether oxygens (including phenoxy) is 3. The summed E-state index contributed by atoms with van der Waals surface area (Å²) < 4.78 is 20.2. The third kappa shape index (κ3) is 11.4. The smallest absolute Gasteiger partial charge is 0.324 e. The first-order valence-electron chi connectivity index (χ1n) is 22.4. The van der Waals surface area contributed by atoms with Crippen LogP contribution in [0.2, 0.25) is 0 Å². The van der Waals surface area contributed by atoms with E-state index in [1.165, 1.54) is 21.2 Å². The topological polar surface area (TPSA) is 160 Å². The molecule has 15 nitrogen and oxygen atoms in total. The largest absolute Gasteiger partial charge is 0.464 e. The van der Waals surface area contributed by atoms with Gasteiger partial charge < -0.3 is 33.9 Å². The normalized spacial score (nSPS) is 20.8. The molecule has 2 N–H and O–H groups in total. The highest BCUT2D eigenvalue weighted by molar-refractivity contribution is 7.59. The van der Waals surface area contributed by atoms with Crippen molar-refractivity contribution in [1.82, 2.24) is 40.1 Å². The van der Waals surface area contributed by atoms with Gasteiger partial charge in [0.2, 0.25) is 5.91 Å². The van der Waals surface area contributed by atoms with Gasteiger partial charge in [0.05, 0.1) is 47.9 Å². The molecule has 67 heavy (non-hydrogen) atoms. The molecule has 4 aliphatic rings. The monoisotopic (exact) mass is 1020 g/mol. The zero-order valence-corrected chi connectivity index (χ0v) is 44.7. The van der Waals surface area contributed by atoms with Crippen molar-refractivity contribution in [2.45, 2.75) is 116 Å². The van der Waals surface area contributed by atoms with Gasteiger partial charge in [0.15, 0.2) is 0 Å². The number of hydrogen-bond acceptors (Lipinski definition) is 11. The lowest BCUT2D eigenvalue weighted by molar-refractivity contribution is -0.155. The molecular weight excluding hydrogens is 949 g/mol. The molecule has 1 spiro atoms. The van der Waals surface area contributed by atoms with Gasteiger partial charge in [0.1, 0.15) is 23.7 Å². The number of aryl methyl sites for hydroxylation is 1. The van der Waals surface area contributed by atoms with Crippen LogP contribution in [0, 0.1) is 11.3 Å². The van der Waals surface area contributed by atoms with Gasteiger partial charge >= 0.3 is 12.0 Å². The molecule has 0 aliphatic carbocycles. The van der Waals surface area contributed by atoms with Crippen LogP contribution < -0.4 is 10.7 Å². The molecule has 0 saturated carbocycles. The van der Waals surface area contributed by atoms with Gasteiger partial charge in [-0.1, -0.05) is 33.8 Å². The number of nitrogens with zero attached hydrogens (tertiary/aromatic N) is 6. The van der Waals surface area contributed by atoms with Crippen molar-refractivity contribution in [2.75, 3.05) is 47.0 Å². The number of hydrogen-bond donors (Lipinski definition) is 2. The second kappa shape index (κ2) is 22.9. The van der Waals surface area contributed by atoms with Gasteiger partial charge in [-0.15, -0.1) is 11.3 Å². The molecule has 3 aromatic heterocycles. The molecule has 4 amide bonds. The fourth-order valence-corrected chi connectivity index (χ4v) is 10.7. The Morgan fingerprint density at radius 2 is 1.84 bits per heavy atom. The molecular formula is C47H70N8O7S5. The number of urea groups is 1. The van der Waals surface area contributed by atoms with E-state index < -0.39 is 41.3 Å². The number of likely N-dealkylation sites (N-methyl/N-ethyl adjacent to an activating group) is 1. The van der Waals surface area contributed by atoms with Crippen LogP contribution in [-0.2, 0) is 48.0 Å². The Hall–Kier alpha value is -3.50. The Labute approximate surface area is 426 Å². The third-order valence-corrected chi connectivity index (χ3v) is 14.1. The Balaban J connectivity index is 0.00000245. The number of cyclic esters (lactones) is 1. The SMILES string of the molecule is CCn1c(-c2cccnc2[C@H](C)OC)c2c3cc(ccc31)-c1csc(n1)C[C@H](NC(=O)[C@H](C(C)C)N(C)C(=O)N1CC3(CCCO3)C1)C(=O)N1CCC[C@H](N1)C(=O)OCC(C)(C)C2.S.S.S.S. The molecule has 8 rings (SSSR count). The first-order chi connectivity index (χ1) is 30.1. The van der Waals surface area contributed by atoms with E-state index >= 15 is 0 Å². The molecule has 20 heteroatoms. The molecule has 6 bridgehead atoms. The highest BCUT2D eigenvalue weighted by atomic mass is 32.1. The fourth-order valence-electron chi connectivity index (χ4n) is 9.88. The van der Waals surface area contributed by atoms with Crippen molar-refractivity contribution in [3.05, 3.63) is 58.2 Å². The van der Waals surface area contributed by atoms with E-state index in [9.17, 15) is 19.2 Å². The maximum atomic E-state index is 14.6. The van der Waals surface area contributed by atoms with E-state index in [1.807, 2.05) is 32.2 Å². The summed E-state index contributed by atoms with van der Waals surface area (Å²) in [5.41, 5.74) is 9.11. The molecule has 1 aromatic carbocycles. The van der Waals surface area contributed by atoms with Crippen LogP contribution in [0.4, 0.5) is 4.79 Å². The predicted molar refractivity (Wildman–Crippen MR) is 282 cm³/mol. The number of nitrogens with one attached hydrogen (secondary N) is 2. The molecule has 3 saturated heterocycles. The van der Waals surface area contributed by atoms with E-state index in [0.29, 0.717) is 57.1 Å². The van der Waals surface area contributed by atoms with Crippen LogP contribution in [0.3, 0.4) is 0 Å². The minimum atomic E-state index is -1.04. The summed E-state index contributed by atoms with van der Waals surface area (Å²) in [6.07, 6.45) is 5.19. The lowest BCUT2D eigenvalue weighted by Crippen LogP contribution is -2.67. The van der Waals surface area contributed by atoms with E-state index in [1.54, 1.807) is 25.3 Å². The van der Waals surface area contributed by atoms with Gasteiger partial charge in [0.25, 0.3) is 5.91 Å². The minimum Gasteiger partial charge on any atom is -0.464 e. The zero-order valence-electron chi connectivity index (χ0n) is 39.9. The van der Waals surface area contributed by atoms with E-state index in [-0.39, 0.29) is 90.7 Å². The van der Waals surface area contributed by atoms with Crippen LogP contribution in [0.25, 0.3) is 33.4 Å². The van der Waals surface area contributed by atoms with Gasteiger partial charge in [-0.25, -0.2) is 15.2 Å². The number of carbonyl (C=O) groups is 4. The number of benzene rings is 1. The number of thiazole rings is 1. The maximum absolute atomic E-state index is 14.6. The minimum absolute atomic E-state index is 0. The van der Waals surface area contributed by atoms with Gasteiger partial charge in [-0.05, 0) is 81.7 Å². The number of amides is 4. The van der Waals surface area contributed by atoms with Crippen molar-refractivity contribution < 1.29 is 33.4 Å². The third-order valence-electron chi connectivity index (χ3n) is 13.2. The van der Waals surface area contributed by atoms with Gasteiger partial charge in [-0.2, -0.15) is 54.0 Å². The lowest BCUT2D eigenvalue weighted by Gasteiger charge is -2.49. The fraction of sp³-hybridized carbons (Fsp3) is 0.574. The van der Waals surface area contributed by atoms with E-state index in [2.05, 4.69) is 60.3 Å². The second-order valence-electron chi connectivity index (χ2n) is 18.8. The van der Waals surface area contributed by atoms with Crippen molar-refractivity contribution >= 4 is 100 Å². The van der Waals surface area contributed by atoms with Crippen LogP contribution in [0.5, 0.6) is 0 Å². The summed E-state index contributed by atoms with van der Waals surface area (Å²) in [4.78, 5) is 69.7. The predicted octanol–water partition coefficient (Wildman–Crippen LogP) is 6.59. The van der Waals surface area contributed by atoms with E-state index in [0.717, 1.165) is 57.5 Å². The summed E-state index contributed by atoms with van der Waals surface area (Å²) in [6, 6.07) is 7.55. The van der Waals surface area contributed by atoms with Crippen LogP contribution >= 0.6 is 65.3 Å². The number of aromatic nitrogens is 3. The molecule has 7 heterocycles. The molecule has 0 radical (unpaired) electrons. The lowest BCUT2D eigenvalue weighted by atomic mass is 9.84. The first-order valence-corrected chi connectivity index (χ1v) is 23.3. The maximum Gasteiger partial charge on any atom is 0.324 e. The molecule has 370 valence electrons. The van der Waals surface area contributed by atoms with Crippen molar-refractivity contribution in [2.24, 2.45) is 11.3 Å². The Bertz CT molecular complexity index is 2380. The zero-order chi connectivity index (χ0) is 44.8. The summed E-state index contributed by atoms with van der Waals surface area (Å²) in [7, 11) is 3.33. The summed E-state index contributed by atoms with van der Waals surface area (Å²) in [5, 5.41) is 8.20. The first kappa shape index (κ1) is 56.1. The molecule has 0 unspecified atom stereocenters. The molecule has 4 aliphatic heterocycles. The molecule has 3 fully saturated rings. The number of pyridine rings is 1. The van der Waals surface area contributed by atoms with Crippen molar-refractivity contribution in [3.63, 3.8) is 0 Å². The van der Waals surface area contributed by atoms with E-state index in [4.69, 9.17) is 24.2 Å². The number of carbonyl (C=O) groups excluding carboxylic acids is 4. The van der Waals surface area contributed by atoms with Crippen molar-refractivity contribution in [3.8, 4) is 22.5 Å². The number of rotatable bonds is 8. The summed E-state index contributed by atoms with van der Waals surface area (Å²) >= 11 is 1.43. The standard InChI is InChI=1S/C47H62N8O7S.4H2S/c1-9-54-37-16-15-30-21-32(37)33(41(54)31-13-10-18-48-39(31)29(4)60-8)23-46(5,6)27-61-44(58)34-14-11-19-55(51-34)43(57)35(22-38-49-36(30)24-63-38)50-42(56)40(28(2)3)52(7)45(59)53-25-47(26-53)17-12-20-62-47;;;;/h10,13,15-16,18,21,24,28-29,34-35,40,51H,9,11-12,14,17,19-20,22-23,25-27H2,1-8H3,(H,50,56);4*1H2/t29-,34-,35-,40-;;;;/m0..../s1. The molecule has 4 aromatic rings. The highest BCUT2D eigenvalue weighted by Gasteiger charge is 2.50. The average molecular weight is 1020 g/mol. The molecule has 4 atom stereocenters. The number of likely N-dealkylation sites (tertiary alicyclic amines) is 1. The average Bonchev–Trinajstić information content (AvgIpc) is 4.02. The van der Waals surface area contributed by atoms with Gasteiger partial charge in [0, 0.05) is 79.3 Å². The van der Waals surface area contributed by atoms with Crippen LogP contribution in [0.15, 0.2) is 41.9 Å². The summed E-state index contributed by atoms with van der Waals surface area (Å²) in [5.74, 6) is -1.53. The number of fused-ring (bicyclic) bond motifs is 6. The van der Waals surface area contributed by atoms with Crippen LogP contribution in [-0.4, -0.2) is 124 Å². The van der Waals surface area contributed by atoms with Crippen molar-refractivity contribution in [1.29, 1.82) is 0 Å². The van der Waals surface area contributed by atoms with Gasteiger partial charge in [-0.3, -0.25) is 24.4 Å². The Morgan fingerprint density at radius 3 is 2.51 bits per heavy atom.